The van der Waals surface area contributed by atoms with Crippen LogP contribution in [0.3, 0.4) is 0 Å². The van der Waals surface area contributed by atoms with Crippen molar-refractivity contribution in [3.63, 3.8) is 0 Å². The van der Waals surface area contributed by atoms with E-state index in [4.69, 9.17) is 25.8 Å². The molecule has 0 saturated heterocycles. The quantitative estimate of drug-likeness (QED) is 0.0248. The maximum Gasteiger partial charge on any atom is 0.454 e. The fraction of sp³-hybridized carbons (Fsp3) is 0.324. The molecule has 17 nitrogen and oxygen atoms in total. The first-order valence-corrected chi connectivity index (χ1v) is 17.5. The Morgan fingerprint density at radius 2 is 1.65 bits per heavy atom. The molecule has 0 aliphatic rings. The van der Waals surface area contributed by atoms with Crippen LogP contribution >= 0.6 is 11.6 Å². The van der Waals surface area contributed by atoms with Crippen molar-refractivity contribution >= 4 is 30.1 Å². The Balaban J connectivity index is 0.00000126. The molecule has 0 fully saturated rings. The zero-order valence-electron chi connectivity index (χ0n) is 30.6. The van der Waals surface area contributed by atoms with Crippen molar-refractivity contribution in [1.82, 2.24) is 29.8 Å². The van der Waals surface area contributed by atoms with Crippen LogP contribution in [0.1, 0.15) is 66.6 Å². The van der Waals surface area contributed by atoms with Gasteiger partial charge in [0.25, 0.3) is 11.6 Å². The van der Waals surface area contributed by atoms with E-state index in [9.17, 15) is 24.5 Å². The Morgan fingerprint density at radius 1 is 0.982 bits per heavy atom. The van der Waals surface area contributed by atoms with Crippen LogP contribution in [0.25, 0.3) is 22.5 Å². The number of hydrogen-bond acceptors (Lipinski definition) is 14. The Hall–Kier alpha value is -6.20. The second kappa shape index (κ2) is 20.9. The number of carbonyl (C=O) groups is 3. The van der Waals surface area contributed by atoms with E-state index < -0.39 is 23.4 Å². The van der Waals surface area contributed by atoms with Gasteiger partial charge >= 0.3 is 12.1 Å². The molecule has 18 heteroatoms. The van der Waals surface area contributed by atoms with E-state index in [0.717, 1.165) is 34.3 Å². The van der Waals surface area contributed by atoms with Crippen LogP contribution in [0.2, 0.25) is 5.15 Å². The summed E-state index contributed by atoms with van der Waals surface area (Å²) in [6, 6.07) is 21.9. The standard InChI is InChI=1S/C34H34ClN7O8.C3H6O2/c1-4-5-14-29-36-31(35)30(33(43)50-22(2)47-3)40(29)19-23-15-17-24(18-16-23)27-12-8-9-13-28(27)32-37-39-41(38-32)34(44)48-20-25-10-6-7-11-26(25)21-49-42(45)46;1-2-5-3-4/h6-13,15-18,22H,4-5,14,19-21H2,1-3H3;3H,2H2,1H3. The van der Waals surface area contributed by atoms with Crippen molar-refractivity contribution in [2.45, 2.75) is 66.1 Å². The third kappa shape index (κ3) is 11.6. The van der Waals surface area contributed by atoms with Crippen molar-refractivity contribution in [1.29, 1.82) is 0 Å². The van der Waals surface area contributed by atoms with Gasteiger partial charge in [0.15, 0.2) is 17.1 Å². The Morgan fingerprint density at radius 3 is 2.27 bits per heavy atom. The highest BCUT2D eigenvalue weighted by molar-refractivity contribution is 6.32. The highest BCUT2D eigenvalue weighted by atomic mass is 35.5. The second-order valence-corrected chi connectivity index (χ2v) is 11.9. The minimum Gasteiger partial charge on any atom is -0.468 e. The van der Waals surface area contributed by atoms with Gasteiger partial charge in [0.05, 0.1) is 6.61 Å². The third-order valence-corrected chi connectivity index (χ3v) is 8.20. The Kier molecular flexibility index (Phi) is 15.8. The number of tetrazole rings is 1. The molecule has 3 aromatic carbocycles. The summed E-state index contributed by atoms with van der Waals surface area (Å²) in [5.74, 6) is 0.259. The topological polar surface area (TPSA) is 202 Å². The summed E-state index contributed by atoms with van der Waals surface area (Å²) in [4.78, 5) is 55.3. The van der Waals surface area contributed by atoms with E-state index in [-0.39, 0.29) is 29.9 Å². The fourth-order valence-electron chi connectivity index (χ4n) is 5.14. The number of aryl methyl sites for hydroxylation is 1. The first kappa shape index (κ1) is 41.6. The van der Waals surface area contributed by atoms with Crippen LogP contribution in [-0.2, 0) is 54.8 Å². The number of aromatic nitrogens is 6. The molecular weight excluding hydrogens is 738 g/mol. The Bertz CT molecular complexity index is 2050. The van der Waals surface area contributed by atoms with Crippen LogP contribution in [0.5, 0.6) is 0 Å². The number of benzene rings is 3. The maximum absolute atomic E-state index is 13.0. The number of halogens is 1. The molecule has 0 N–H and O–H groups in total. The number of methoxy groups -OCH3 is 1. The van der Waals surface area contributed by atoms with Gasteiger partial charge in [0.1, 0.15) is 19.0 Å². The zero-order valence-corrected chi connectivity index (χ0v) is 31.4. The summed E-state index contributed by atoms with van der Waals surface area (Å²) in [6.45, 7) is 6.22. The molecule has 0 saturated carbocycles. The van der Waals surface area contributed by atoms with E-state index in [1.807, 2.05) is 48.5 Å². The molecule has 2 heterocycles. The minimum atomic E-state index is -0.890. The lowest BCUT2D eigenvalue weighted by Gasteiger charge is -2.15. The highest BCUT2D eigenvalue weighted by Crippen LogP contribution is 2.31. The molecular formula is C37H40ClN7O10. The number of unbranched alkanes of at least 4 members (excludes halogenated alkanes) is 1. The number of ether oxygens (including phenoxy) is 4. The lowest BCUT2D eigenvalue weighted by atomic mass is 9.98. The molecule has 0 radical (unpaired) electrons. The van der Waals surface area contributed by atoms with Crippen molar-refractivity contribution in [3.05, 3.63) is 116 Å². The van der Waals surface area contributed by atoms with Crippen molar-refractivity contribution in [2.75, 3.05) is 13.7 Å². The summed E-state index contributed by atoms with van der Waals surface area (Å²) in [6.07, 6.45) is 0.823. The van der Waals surface area contributed by atoms with Gasteiger partial charge in [-0.25, -0.2) is 14.6 Å². The van der Waals surface area contributed by atoms with Gasteiger partial charge in [-0.05, 0) is 53.3 Å². The lowest BCUT2D eigenvalue weighted by Crippen LogP contribution is -2.21. The summed E-state index contributed by atoms with van der Waals surface area (Å²) in [7, 11) is 1.45. The van der Waals surface area contributed by atoms with E-state index in [0.29, 0.717) is 48.6 Å². The lowest BCUT2D eigenvalue weighted by molar-refractivity contribution is -0.763. The zero-order chi connectivity index (χ0) is 39.7. The van der Waals surface area contributed by atoms with Crippen LogP contribution < -0.4 is 0 Å². The summed E-state index contributed by atoms with van der Waals surface area (Å²) in [5, 5.41) is 22.0. The van der Waals surface area contributed by atoms with Crippen molar-refractivity contribution < 1.29 is 43.3 Å². The molecule has 0 spiro atoms. The molecule has 2 aromatic heterocycles. The molecule has 0 aliphatic heterocycles. The average Bonchev–Trinajstić information content (AvgIpc) is 3.81. The number of rotatable bonds is 17. The third-order valence-electron chi connectivity index (χ3n) is 7.94. The van der Waals surface area contributed by atoms with Gasteiger partial charge in [-0.15, -0.1) is 20.3 Å². The number of carbonyl (C=O) groups excluding carboxylic acids is 3. The fourth-order valence-corrected chi connectivity index (χ4v) is 5.42. The molecule has 5 aromatic rings. The van der Waals surface area contributed by atoms with Gasteiger partial charge in [0.2, 0.25) is 5.82 Å². The van der Waals surface area contributed by atoms with Crippen LogP contribution in [-0.4, -0.2) is 73.4 Å². The summed E-state index contributed by atoms with van der Waals surface area (Å²) in [5.41, 5.74) is 4.35. The van der Waals surface area contributed by atoms with E-state index in [1.54, 1.807) is 42.7 Å². The first-order valence-electron chi connectivity index (χ1n) is 17.1. The number of imidazole rings is 1. The second-order valence-electron chi connectivity index (χ2n) is 11.6. The summed E-state index contributed by atoms with van der Waals surface area (Å²) >= 11 is 6.45. The minimum absolute atomic E-state index is 0.0755. The predicted octanol–water partition coefficient (Wildman–Crippen LogP) is 6.47. The highest BCUT2D eigenvalue weighted by Gasteiger charge is 2.25. The van der Waals surface area contributed by atoms with Crippen LogP contribution in [0.4, 0.5) is 4.79 Å². The largest absolute Gasteiger partial charge is 0.468 e. The van der Waals surface area contributed by atoms with E-state index in [1.165, 1.54) is 7.11 Å². The molecule has 0 amide bonds. The van der Waals surface area contributed by atoms with Gasteiger partial charge in [-0.1, -0.05) is 103 Å². The van der Waals surface area contributed by atoms with Crippen molar-refractivity contribution in [2.24, 2.45) is 0 Å². The van der Waals surface area contributed by atoms with Gasteiger partial charge in [0, 0.05) is 25.6 Å². The molecule has 0 bridgehead atoms. The SMILES string of the molecule is CCCCc1nc(Cl)c(C(=O)OC(C)OC)n1Cc1ccc(-c2ccccc2-c2nnn(C(=O)OCc3ccccc3CO[N+](=O)[O-])n2)cc1.CCOC=O. The van der Waals surface area contributed by atoms with Gasteiger partial charge < -0.3 is 28.4 Å². The molecule has 1 unspecified atom stereocenters. The molecule has 5 rings (SSSR count). The summed E-state index contributed by atoms with van der Waals surface area (Å²) < 4.78 is 21.8. The van der Waals surface area contributed by atoms with E-state index >= 15 is 0 Å². The average molecular weight is 778 g/mol. The maximum atomic E-state index is 13.0. The van der Waals surface area contributed by atoms with Crippen LogP contribution in [0, 0.1) is 10.1 Å². The molecule has 55 heavy (non-hydrogen) atoms. The number of esters is 1. The van der Waals surface area contributed by atoms with Crippen molar-refractivity contribution in [3.8, 4) is 22.5 Å². The molecule has 290 valence electrons. The van der Waals surface area contributed by atoms with Crippen LogP contribution in [0.15, 0.2) is 72.8 Å². The van der Waals surface area contributed by atoms with E-state index in [2.05, 4.69) is 36.9 Å². The Labute approximate surface area is 321 Å². The first-order chi connectivity index (χ1) is 26.6. The van der Waals surface area contributed by atoms with Gasteiger partial charge in [-0.3, -0.25) is 4.79 Å². The number of nitrogens with zero attached hydrogens (tertiary/aromatic N) is 7. The monoisotopic (exact) mass is 777 g/mol. The number of hydrogen-bond donors (Lipinski definition) is 0. The normalized spacial score (nSPS) is 11.1. The molecule has 1 atom stereocenters. The van der Waals surface area contributed by atoms with Gasteiger partial charge in [-0.2, -0.15) is 0 Å². The smallest absolute Gasteiger partial charge is 0.454 e. The predicted molar refractivity (Wildman–Crippen MR) is 197 cm³/mol. The molecule has 0 aliphatic carbocycles.